The van der Waals surface area contributed by atoms with Crippen LogP contribution in [-0.2, 0) is 0 Å². The highest BCUT2D eigenvalue weighted by Crippen LogP contribution is 2.47. The monoisotopic (exact) mass is 409 g/mol. The van der Waals surface area contributed by atoms with Crippen LogP contribution in [0.15, 0.2) is 52.9 Å². The molecule has 0 radical (unpaired) electrons. The number of nitrogens with one attached hydrogen (secondary N) is 1. The molecule has 3 nitrogen and oxygen atoms in total. The number of anilines is 1. The van der Waals surface area contributed by atoms with E-state index in [9.17, 15) is 9.50 Å². The number of furan rings is 1. The summed E-state index contributed by atoms with van der Waals surface area (Å²) in [7, 11) is 1.70. The van der Waals surface area contributed by atoms with E-state index < -0.39 is 0 Å². The van der Waals surface area contributed by atoms with E-state index in [0.717, 1.165) is 5.56 Å². The summed E-state index contributed by atoms with van der Waals surface area (Å²) in [5.41, 5.74) is 1.81. The summed E-state index contributed by atoms with van der Waals surface area (Å²) in [6, 6.07) is 14.1. The van der Waals surface area contributed by atoms with Gasteiger partial charge in [-0.1, -0.05) is 42.5 Å². The number of benzene rings is 2. The normalized spacial score (nSPS) is 10.7. The van der Waals surface area contributed by atoms with Gasteiger partial charge < -0.3 is 14.8 Å². The number of aromatic hydroxyl groups is 1. The Bertz CT molecular complexity index is 815. The molecule has 3 aromatic rings. The Morgan fingerprint density at radius 3 is 2.50 bits per heavy atom. The molecule has 0 fully saturated rings. The minimum Gasteiger partial charge on any atom is -0.504 e. The van der Waals surface area contributed by atoms with Crippen LogP contribution < -0.4 is 5.32 Å². The number of hydrogen-bond acceptors (Lipinski definition) is 3. The van der Waals surface area contributed by atoms with Gasteiger partial charge in [0.05, 0.1) is 9.13 Å². The lowest BCUT2D eigenvalue weighted by Gasteiger charge is -2.06. The minimum atomic E-state index is -0.331. The van der Waals surface area contributed by atoms with Crippen LogP contribution in [-0.4, -0.2) is 12.2 Å². The van der Waals surface area contributed by atoms with E-state index >= 15 is 0 Å². The van der Waals surface area contributed by atoms with Crippen LogP contribution in [0, 0.1) is 9.39 Å². The zero-order valence-electron chi connectivity index (χ0n) is 11.7. The first-order valence-electron chi connectivity index (χ1n) is 6.66. The summed E-state index contributed by atoms with van der Waals surface area (Å²) >= 11 is 1.93. The molecule has 0 spiro atoms. The third-order valence-electron chi connectivity index (χ3n) is 3.37. The van der Waals surface area contributed by atoms with Gasteiger partial charge in [0.25, 0.3) is 0 Å². The first kappa shape index (κ1) is 14.9. The van der Waals surface area contributed by atoms with Crippen LogP contribution in [0.25, 0.3) is 22.5 Å². The fourth-order valence-electron chi connectivity index (χ4n) is 2.33. The van der Waals surface area contributed by atoms with E-state index in [-0.39, 0.29) is 11.6 Å². The van der Waals surface area contributed by atoms with E-state index in [0.29, 0.717) is 26.3 Å². The average Bonchev–Trinajstić information content (AvgIpc) is 2.87. The molecular weight excluding hydrogens is 396 g/mol. The number of halogens is 2. The SMILES string of the molecule is CNc1oc(-c2ccccc2)c(O)c1-c1cccc(F)c1I. The van der Waals surface area contributed by atoms with E-state index in [1.54, 1.807) is 19.2 Å². The summed E-state index contributed by atoms with van der Waals surface area (Å²) < 4.78 is 20.0. The highest BCUT2D eigenvalue weighted by atomic mass is 127. The first-order chi connectivity index (χ1) is 10.6. The van der Waals surface area contributed by atoms with Crippen LogP contribution in [0.4, 0.5) is 10.3 Å². The van der Waals surface area contributed by atoms with Gasteiger partial charge in [0, 0.05) is 18.2 Å². The Labute approximate surface area is 140 Å². The average molecular weight is 409 g/mol. The Morgan fingerprint density at radius 1 is 1.09 bits per heavy atom. The molecule has 22 heavy (non-hydrogen) atoms. The van der Waals surface area contributed by atoms with Crippen molar-refractivity contribution in [1.82, 2.24) is 0 Å². The van der Waals surface area contributed by atoms with Crippen molar-refractivity contribution in [2.45, 2.75) is 0 Å². The maximum atomic E-state index is 13.8. The van der Waals surface area contributed by atoms with Gasteiger partial charge in [-0.05, 0) is 28.7 Å². The molecule has 0 aliphatic heterocycles. The van der Waals surface area contributed by atoms with E-state index in [2.05, 4.69) is 5.32 Å². The zero-order chi connectivity index (χ0) is 15.7. The molecule has 0 amide bonds. The van der Waals surface area contributed by atoms with E-state index in [4.69, 9.17) is 4.42 Å². The van der Waals surface area contributed by atoms with Gasteiger partial charge in [-0.2, -0.15) is 0 Å². The van der Waals surface area contributed by atoms with Crippen molar-refractivity contribution in [3.05, 3.63) is 57.9 Å². The van der Waals surface area contributed by atoms with Crippen molar-refractivity contribution in [3.8, 4) is 28.2 Å². The van der Waals surface area contributed by atoms with Gasteiger partial charge in [-0.3, -0.25) is 0 Å². The molecule has 1 heterocycles. The fourth-order valence-corrected chi connectivity index (χ4v) is 2.96. The quantitative estimate of drug-likeness (QED) is 0.592. The highest BCUT2D eigenvalue weighted by molar-refractivity contribution is 14.1. The van der Waals surface area contributed by atoms with Crippen LogP contribution in [0.3, 0.4) is 0 Å². The predicted molar refractivity (Wildman–Crippen MR) is 93.5 cm³/mol. The molecule has 0 saturated heterocycles. The van der Waals surface area contributed by atoms with Crippen molar-refractivity contribution < 1.29 is 13.9 Å². The lowest BCUT2D eigenvalue weighted by Crippen LogP contribution is -1.91. The number of rotatable bonds is 3. The topological polar surface area (TPSA) is 45.4 Å². The Kier molecular flexibility index (Phi) is 4.06. The molecule has 112 valence electrons. The van der Waals surface area contributed by atoms with Crippen LogP contribution in [0.5, 0.6) is 5.75 Å². The van der Waals surface area contributed by atoms with Gasteiger partial charge in [0.1, 0.15) is 5.82 Å². The smallest absolute Gasteiger partial charge is 0.205 e. The van der Waals surface area contributed by atoms with Crippen molar-refractivity contribution >= 4 is 28.5 Å². The molecule has 5 heteroatoms. The predicted octanol–water partition coefficient (Wildman–Crippen LogP) is 5.10. The largest absolute Gasteiger partial charge is 0.504 e. The molecule has 0 aliphatic carbocycles. The third kappa shape index (κ3) is 2.45. The Morgan fingerprint density at radius 2 is 1.82 bits per heavy atom. The van der Waals surface area contributed by atoms with Crippen LogP contribution in [0.2, 0.25) is 0 Å². The second-order valence-corrected chi connectivity index (χ2v) is 5.78. The zero-order valence-corrected chi connectivity index (χ0v) is 13.9. The molecule has 0 aliphatic rings. The summed E-state index contributed by atoms with van der Waals surface area (Å²) in [6.45, 7) is 0. The molecule has 0 saturated carbocycles. The molecule has 2 N–H and O–H groups in total. The minimum absolute atomic E-state index is 0.000865. The highest BCUT2D eigenvalue weighted by Gasteiger charge is 2.24. The molecule has 0 atom stereocenters. The first-order valence-corrected chi connectivity index (χ1v) is 7.74. The summed E-state index contributed by atoms with van der Waals surface area (Å²) in [6.07, 6.45) is 0. The lowest BCUT2D eigenvalue weighted by molar-refractivity contribution is 0.466. The van der Waals surface area contributed by atoms with Crippen LogP contribution in [0.1, 0.15) is 0 Å². The summed E-state index contributed by atoms with van der Waals surface area (Å²) in [5.74, 6) is 0.431. The second kappa shape index (κ2) is 6.00. The van der Waals surface area contributed by atoms with Crippen molar-refractivity contribution in [2.24, 2.45) is 0 Å². The fraction of sp³-hybridized carbons (Fsp3) is 0.0588. The van der Waals surface area contributed by atoms with E-state index in [1.807, 2.05) is 52.9 Å². The summed E-state index contributed by atoms with van der Waals surface area (Å²) in [4.78, 5) is 0. The van der Waals surface area contributed by atoms with Gasteiger partial charge in [0.15, 0.2) is 11.5 Å². The molecule has 1 aromatic heterocycles. The second-order valence-electron chi connectivity index (χ2n) is 4.70. The molecule has 2 aromatic carbocycles. The third-order valence-corrected chi connectivity index (χ3v) is 4.46. The molecule has 0 bridgehead atoms. The molecular formula is C17H13FINO2. The van der Waals surface area contributed by atoms with Crippen molar-refractivity contribution in [2.75, 3.05) is 12.4 Å². The van der Waals surface area contributed by atoms with E-state index in [1.165, 1.54) is 6.07 Å². The standard InChI is InChI=1S/C17H13FINO2/c1-20-17-13(11-8-5-9-12(18)14(11)19)15(21)16(22-17)10-6-3-2-4-7-10/h2-9,20-21H,1H3. The number of hydrogen-bond donors (Lipinski definition) is 2. The maximum absolute atomic E-state index is 13.8. The summed E-state index contributed by atoms with van der Waals surface area (Å²) in [5, 5.41) is 13.5. The van der Waals surface area contributed by atoms with Crippen molar-refractivity contribution in [3.63, 3.8) is 0 Å². The van der Waals surface area contributed by atoms with Gasteiger partial charge in [-0.15, -0.1) is 0 Å². The maximum Gasteiger partial charge on any atom is 0.205 e. The van der Waals surface area contributed by atoms with Gasteiger partial charge in [0.2, 0.25) is 5.88 Å². The Hall–Kier alpha value is -2.02. The van der Waals surface area contributed by atoms with Gasteiger partial charge >= 0.3 is 0 Å². The van der Waals surface area contributed by atoms with Gasteiger partial charge in [-0.25, -0.2) is 4.39 Å². The van der Waals surface area contributed by atoms with Crippen LogP contribution >= 0.6 is 22.6 Å². The molecule has 0 unspecified atom stereocenters. The van der Waals surface area contributed by atoms with Crippen molar-refractivity contribution in [1.29, 1.82) is 0 Å². The Balaban J connectivity index is 2.25. The molecule has 3 rings (SSSR count). The lowest BCUT2D eigenvalue weighted by atomic mass is 10.0.